The summed E-state index contributed by atoms with van der Waals surface area (Å²) in [6.45, 7) is 7.70. The lowest BCUT2D eigenvalue weighted by Crippen LogP contribution is -2.51. The van der Waals surface area contributed by atoms with E-state index in [2.05, 4.69) is 4.90 Å². The highest BCUT2D eigenvalue weighted by Gasteiger charge is 2.27. The first-order valence-corrected chi connectivity index (χ1v) is 10.6. The van der Waals surface area contributed by atoms with Crippen molar-refractivity contribution in [3.05, 3.63) is 0 Å². The van der Waals surface area contributed by atoms with E-state index < -0.39 is 9.84 Å². The molecule has 2 fully saturated rings. The molecule has 0 bridgehead atoms. The summed E-state index contributed by atoms with van der Waals surface area (Å²) in [5.74, 6) is 0.183. The monoisotopic (exact) mass is 346 g/mol. The van der Waals surface area contributed by atoms with Gasteiger partial charge in [-0.2, -0.15) is 0 Å². The minimum absolute atomic E-state index is 0.133. The third-order valence-electron chi connectivity index (χ3n) is 4.67. The molecule has 0 N–H and O–H groups in total. The Labute approximate surface area is 140 Å². The lowest BCUT2D eigenvalue weighted by molar-refractivity contribution is -0.130. The Morgan fingerprint density at radius 3 is 2.52 bits per heavy atom. The molecular formula is C16H30N2O4S. The van der Waals surface area contributed by atoms with Gasteiger partial charge in [0.2, 0.25) is 5.91 Å². The molecule has 0 spiro atoms. The molecule has 0 saturated carbocycles. The summed E-state index contributed by atoms with van der Waals surface area (Å²) in [6, 6.07) is 0. The van der Waals surface area contributed by atoms with E-state index in [0.29, 0.717) is 25.4 Å². The number of carbonyl (C=O) groups is 1. The van der Waals surface area contributed by atoms with Crippen LogP contribution in [0.5, 0.6) is 0 Å². The van der Waals surface area contributed by atoms with Gasteiger partial charge in [0.05, 0.1) is 12.4 Å². The maximum Gasteiger partial charge on any atom is 0.237 e. The van der Waals surface area contributed by atoms with Crippen molar-refractivity contribution in [3.8, 4) is 0 Å². The summed E-state index contributed by atoms with van der Waals surface area (Å²) in [5, 5.41) is 0. The van der Waals surface area contributed by atoms with Crippen molar-refractivity contribution in [2.75, 3.05) is 57.4 Å². The second kappa shape index (κ2) is 8.99. The molecule has 2 heterocycles. The molecule has 2 rings (SSSR count). The maximum absolute atomic E-state index is 12.2. The number of sulfone groups is 1. The number of carbonyl (C=O) groups excluding carboxylic acids is 1. The van der Waals surface area contributed by atoms with Crippen LogP contribution in [0.1, 0.15) is 32.6 Å². The van der Waals surface area contributed by atoms with E-state index in [1.807, 2.05) is 6.92 Å². The van der Waals surface area contributed by atoms with Crippen LogP contribution in [0.25, 0.3) is 0 Å². The predicted molar refractivity (Wildman–Crippen MR) is 90.1 cm³/mol. The van der Waals surface area contributed by atoms with Crippen LogP contribution in [0.3, 0.4) is 0 Å². The van der Waals surface area contributed by atoms with Crippen LogP contribution < -0.4 is 0 Å². The molecule has 6 nitrogen and oxygen atoms in total. The minimum atomic E-state index is -3.26. The number of amides is 1. The van der Waals surface area contributed by atoms with Gasteiger partial charge in [0.15, 0.2) is 9.84 Å². The molecule has 0 aliphatic carbocycles. The zero-order valence-corrected chi connectivity index (χ0v) is 15.0. The molecule has 23 heavy (non-hydrogen) atoms. The smallest absolute Gasteiger partial charge is 0.237 e. The van der Waals surface area contributed by atoms with Crippen LogP contribution in [0.2, 0.25) is 0 Å². The van der Waals surface area contributed by atoms with Crippen molar-refractivity contribution in [3.63, 3.8) is 0 Å². The van der Waals surface area contributed by atoms with Gasteiger partial charge >= 0.3 is 0 Å². The van der Waals surface area contributed by atoms with E-state index in [0.717, 1.165) is 52.1 Å². The molecule has 0 aromatic heterocycles. The van der Waals surface area contributed by atoms with E-state index in [1.165, 1.54) is 0 Å². The van der Waals surface area contributed by atoms with Gasteiger partial charge in [-0.25, -0.2) is 8.42 Å². The number of hydrogen-bond donors (Lipinski definition) is 0. The highest BCUT2D eigenvalue weighted by molar-refractivity contribution is 7.92. The zero-order valence-electron chi connectivity index (χ0n) is 14.2. The fourth-order valence-corrected chi connectivity index (χ4v) is 4.54. The Kier molecular flexibility index (Phi) is 7.30. The number of unbranched alkanes of at least 4 members (excludes halogenated alkanes) is 2. The van der Waals surface area contributed by atoms with Crippen molar-refractivity contribution >= 4 is 15.7 Å². The Balaban J connectivity index is 1.70. The summed E-state index contributed by atoms with van der Waals surface area (Å²) < 4.78 is 29.4. The summed E-state index contributed by atoms with van der Waals surface area (Å²) in [6.07, 6.45) is 3.66. The van der Waals surface area contributed by atoms with Gasteiger partial charge in [-0.05, 0) is 18.8 Å². The molecule has 2 aliphatic heterocycles. The quantitative estimate of drug-likeness (QED) is 0.608. The molecule has 7 heteroatoms. The van der Waals surface area contributed by atoms with E-state index >= 15 is 0 Å². The van der Waals surface area contributed by atoms with E-state index in [9.17, 15) is 13.2 Å². The number of hydrogen-bond acceptors (Lipinski definition) is 5. The van der Waals surface area contributed by atoms with Gasteiger partial charge in [-0.3, -0.25) is 9.69 Å². The average molecular weight is 346 g/mol. The van der Waals surface area contributed by atoms with Crippen molar-refractivity contribution in [2.24, 2.45) is 5.92 Å². The Morgan fingerprint density at radius 1 is 1.17 bits per heavy atom. The van der Waals surface area contributed by atoms with Gasteiger partial charge in [0, 0.05) is 39.3 Å². The van der Waals surface area contributed by atoms with Crippen LogP contribution in [-0.2, 0) is 19.4 Å². The summed E-state index contributed by atoms with van der Waals surface area (Å²) in [7, 11) is -3.26. The van der Waals surface area contributed by atoms with Gasteiger partial charge in [-0.1, -0.05) is 19.8 Å². The largest absolute Gasteiger partial charge is 0.381 e. The number of piperazine rings is 1. The predicted octanol–water partition coefficient (Wildman–Crippen LogP) is 0.772. The molecule has 2 aliphatic rings. The van der Waals surface area contributed by atoms with Crippen molar-refractivity contribution in [1.29, 1.82) is 0 Å². The van der Waals surface area contributed by atoms with Crippen molar-refractivity contribution in [2.45, 2.75) is 32.6 Å². The fraction of sp³-hybridized carbons (Fsp3) is 0.938. The van der Waals surface area contributed by atoms with Crippen molar-refractivity contribution < 1.29 is 17.9 Å². The van der Waals surface area contributed by atoms with Crippen LogP contribution in [0, 0.1) is 5.92 Å². The molecular weight excluding hydrogens is 316 g/mol. The number of nitrogens with zero attached hydrogens (tertiary/aromatic N) is 2. The van der Waals surface area contributed by atoms with Gasteiger partial charge < -0.3 is 9.64 Å². The molecule has 2 saturated heterocycles. The maximum atomic E-state index is 12.2. The van der Waals surface area contributed by atoms with Crippen LogP contribution in [0.15, 0.2) is 0 Å². The molecule has 1 unspecified atom stereocenters. The molecule has 0 radical (unpaired) electrons. The Bertz CT molecular complexity index is 466. The summed E-state index contributed by atoms with van der Waals surface area (Å²) in [5.41, 5.74) is 0. The van der Waals surface area contributed by atoms with E-state index in [-0.39, 0.29) is 17.4 Å². The van der Waals surface area contributed by atoms with Crippen LogP contribution in [0.4, 0.5) is 0 Å². The van der Waals surface area contributed by atoms with Crippen LogP contribution in [-0.4, -0.2) is 81.6 Å². The summed E-state index contributed by atoms with van der Waals surface area (Å²) >= 11 is 0. The Hall–Kier alpha value is -0.660. The topological polar surface area (TPSA) is 66.9 Å². The zero-order chi connectivity index (χ0) is 16.7. The van der Waals surface area contributed by atoms with E-state index in [1.54, 1.807) is 4.90 Å². The minimum Gasteiger partial charge on any atom is -0.381 e. The second-order valence-corrected chi connectivity index (χ2v) is 8.89. The lowest BCUT2D eigenvalue weighted by atomic mass is 10.1. The molecule has 134 valence electrons. The first-order chi connectivity index (χ1) is 11.0. The van der Waals surface area contributed by atoms with Gasteiger partial charge in [0.1, 0.15) is 5.75 Å². The number of rotatable bonds is 8. The fourth-order valence-electron chi connectivity index (χ4n) is 3.20. The SMILES string of the molecule is CCCCCS(=O)(=O)CC(=O)N1CCN(CC2CCOC2)CC1. The second-order valence-electron chi connectivity index (χ2n) is 6.71. The lowest BCUT2D eigenvalue weighted by Gasteiger charge is -2.35. The molecule has 0 aromatic rings. The third-order valence-corrected chi connectivity index (χ3v) is 6.27. The molecule has 0 aromatic carbocycles. The average Bonchev–Trinajstić information content (AvgIpc) is 3.00. The highest BCUT2D eigenvalue weighted by Crippen LogP contribution is 2.15. The standard InChI is InChI=1S/C16H30N2O4S/c1-2-3-4-11-23(20,21)14-16(19)18-8-6-17(7-9-18)12-15-5-10-22-13-15/h15H,2-14H2,1H3. The van der Waals surface area contributed by atoms with Crippen LogP contribution >= 0.6 is 0 Å². The van der Waals surface area contributed by atoms with E-state index in [4.69, 9.17) is 4.74 Å². The first kappa shape index (κ1) is 18.7. The number of ether oxygens (including phenoxy) is 1. The molecule has 1 amide bonds. The van der Waals surface area contributed by atoms with Gasteiger partial charge in [-0.15, -0.1) is 0 Å². The highest BCUT2D eigenvalue weighted by atomic mass is 32.2. The molecule has 1 atom stereocenters. The Morgan fingerprint density at radius 2 is 1.91 bits per heavy atom. The normalized spacial score (nSPS) is 23.3. The summed E-state index contributed by atoms with van der Waals surface area (Å²) in [4.78, 5) is 16.3. The van der Waals surface area contributed by atoms with Crippen molar-refractivity contribution in [1.82, 2.24) is 9.80 Å². The first-order valence-electron chi connectivity index (χ1n) is 8.78. The third kappa shape index (κ3) is 6.39. The van der Waals surface area contributed by atoms with Gasteiger partial charge in [0.25, 0.3) is 0 Å².